The molecule has 1 aromatic carbocycles. The van der Waals surface area contributed by atoms with Crippen LogP contribution < -0.4 is 16.6 Å². The van der Waals surface area contributed by atoms with E-state index in [0.717, 1.165) is 17.4 Å². The number of carbonyl (C=O) groups excluding carboxylic acids is 1. The molecule has 0 aliphatic carbocycles. The third kappa shape index (κ3) is 4.21. The number of amides is 1. The van der Waals surface area contributed by atoms with Gasteiger partial charge in [-0.15, -0.1) is 0 Å². The van der Waals surface area contributed by atoms with Crippen LogP contribution in [0.1, 0.15) is 30.3 Å². The zero-order valence-electron chi connectivity index (χ0n) is 18.6. The number of sulfonamides is 1. The number of aromatic nitrogens is 3. The molecule has 4 rings (SSSR count). The zero-order chi connectivity index (χ0) is 23.9. The highest BCUT2D eigenvalue weighted by atomic mass is 32.2. The lowest BCUT2D eigenvalue weighted by molar-refractivity contribution is 0.102. The lowest BCUT2D eigenvalue weighted by atomic mass is 10.0. The van der Waals surface area contributed by atoms with Gasteiger partial charge in [0.1, 0.15) is 11.3 Å². The van der Waals surface area contributed by atoms with E-state index in [1.807, 2.05) is 6.92 Å². The van der Waals surface area contributed by atoms with Crippen LogP contribution in [-0.2, 0) is 24.1 Å². The molecule has 10 nitrogen and oxygen atoms in total. The number of nitrogens with zero attached hydrogens (tertiary/aromatic N) is 4. The number of benzene rings is 1. The van der Waals surface area contributed by atoms with Crippen LogP contribution in [0.4, 0.5) is 5.69 Å². The molecule has 3 aromatic rings. The number of nitrogens with one attached hydrogen (secondary N) is 1. The molecule has 1 aliphatic heterocycles. The van der Waals surface area contributed by atoms with Gasteiger partial charge in [-0.1, -0.05) is 6.92 Å². The van der Waals surface area contributed by atoms with E-state index in [4.69, 9.17) is 0 Å². The quantitative estimate of drug-likeness (QED) is 0.612. The van der Waals surface area contributed by atoms with Crippen molar-refractivity contribution >= 4 is 32.7 Å². The Morgan fingerprint density at radius 3 is 2.42 bits per heavy atom. The maximum Gasteiger partial charge on any atom is 0.332 e. The van der Waals surface area contributed by atoms with Crippen molar-refractivity contribution in [2.75, 3.05) is 18.4 Å². The normalized spacial score (nSPS) is 17.2. The Morgan fingerprint density at radius 1 is 1.06 bits per heavy atom. The molecule has 2 aromatic heterocycles. The van der Waals surface area contributed by atoms with Crippen molar-refractivity contribution in [3.05, 3.63) is 62.9 Å². The Balaban J connectivity index is 1.56. The number of anilines is 1. The van der Waals surface area contributed by atoms with Crippen LogP contribution in [-0.4, -0.2) is 45.8 Å². The van der Waals surface area contributed by atoms with E-state index in [-0.39, 0.29) is 21.6 Å². The summed E-state index contributed by atoms with van der Waals surface area (Å²) in [6, 6.07) is 8.82. The molecule has 1 amide bonds. The molecule has 0 bridgehead atoms. The molecule has 0 saturated carbocycles. The standard InChI is InChI=1S/C22H25N5O5S/c1-14-5-4-12-27(13-14)33(31,32)16-8-6-15(7-9-16)23-20(28)18-11-10-17-19(24-18)25(2)22(30)26(3)21(17)29/h6-11,14H,4-5,12-13H2,1-3H3,(H,23,28). The molecule has 1 saturated heterocycles. The first kappa shape index (κ1) is 22.9. The van der Waals surface area contributed by atoms with Gasteiger partial charge in [0.25, 0.3) is 11.5 Å². The van der Waals surface area contributed by atoms with E-state index in [1.165, 1.54) is 59.4 Å². The van der Waals surface area contributed by atoms with Crippen LogP contribution in [0, 0.1) is 5.92 Å². The van der Waals surface area contributed by atoms with Crippen molar-refractivity contribution in [1.29, 1.82) is 0 Å². The van der Waals surface area contributed by atoms with E-state index in [9.17, 15) is 22.8 Å². The number of hydrogen-bond donors (Lipinski definition) is 1. The second-order valence-corrected chi connectivity index (χ2v) is 10.3. The van der Waals surface area contributed by atoms with Crippen LogP contribution in [0.15, 0.2) is 50.9 Å². The van der Waals surface area contributed by atoms with E-state index in [0.29, 0.717) is 24.7 Å². The molecule has 3 heterocycles. The summed E-state index contributed by atoms with van der Waals surface area (Å²) in [5.41, 5.74) is -0.520. The van der Waals surface area contributed by atoms with Gasteiger partial charge in [0.05, 0.1) is 10.3 Å². The van der Waals surface area contributed by atoms with Crippen LogP contribution in [0.5, 0.6) is 0 Å². The summed E-state index contributed by atoms with van der Waals surface area (Å²) in [5.74, 6) is -0.230. The van der Waals surface area contributed by atoms with Crippen LogP contribution in [0.25, 0.3) is 11.0 Å². The van der Waals surface area contributed by atoms with Crippen LogP contribution in [0.2, 0.25) is 0 Å². The molecular weight excluding hydrogens is 446 g/mol. The van der Waals surface area contributed by atoms with Gasteiger partial charge in [0, 0.05) is 32.9 Å². The van der Waals surface area contributed by atoms with Crippen molar-refractivity contribution in [3.8, 4) is 0 Å². The molecule has 33 heavy (non-hydrogen) atoms. The van der Waals surface area contributed by atoms with Gasteiger partial charge in [0.15, 0.2) is 0 Å². The van der Waals surface area contributed by atoms with E-state index < -0.39 is 27.2 Å². The average Bonchev–Trinajstić information content (AvgIpc) is 2.81. The minimum absolute atomic E-state index is 0.0183. The van der Waals surface area contributed by atoms with Crippen molar-refractivity contribution in [1.82, 2.24) is 18.4 Å². The number of hydrogen-bond acceptors (Lipinski definition) is 6. The van der Waals surface area contributed by atoms with E-state index in [2.05, 4.69) is 10.3 Å². The van der Waals surface area contributed by atoms with E-state index in [1.54, 1.807) is 0 Å². The SMILES string of the molecule is CC1CCCN(S(=O)(=O)c2ccc(NC(=O)c3ccc4c(=O)n(C)c(=O)n(C)c4n3)cc2)C1. The summed E-state index contributed by atoms with van der Waals surface area (Å²) in [4.78, 5) is 41.5. The Bertz CT molecular complexity index is 1460. The lowest BCUT2D eigenvalue weighted by Crippen LogP contribution is -2.39. The van der Waals surface area contributed by atoms with Crippen LogP contribution >= 0.6 is 0 Å². The van der Waals surface area contributed by atoms with Gasteiger partial charge < -0.3 is 5.32 Å². The fourth-order valence-electron chi connectivity index (χ4n) is 4.00. The number of carbonyl (C=O) groups is 1. The highest BCUT2D eigenvalue weighted by Crippen LogP contribution is 2.24. The molecule has 1 N–H and O–H groups in total. The minimum Gasteiger partial charge on any atom is -0.321 e. The summed E-state index contributed by atoms with van der Waals surface area (Å²) in [6.07, 6.45) is 1.85. The van der Waals surface area contributed by atoms with Crippen LogP contribution in [0.3, 0.4) is 0 Å². The third-order valence-electron chi connectivity index (χ3n) is 5.90. The summed E-state index contributed by atoms with van der Waals surface area (Å²) in [7, 11) is -0.740. The number of rotatable bonds is 4. The molecule has 0 spiro atoms. The molecule has 1 atom stereocenters. The van der Waals surface area contributed by atoms with Crippen molar-refractivity contribution in [2.24, 2.45) is 20.0 Å². The summed E-state index contributed by atoms with van der Waals surface area (Å²) in [5, 5.41) is 2.89. The molecule has 1 unspecified atom stereocenters. The van der Waals surface area contributed by atoms with Crippen molar-refractivity contribution in [2.45, 2.75) is 24.7 Å². The first-order valence-corrected chi connectivity index (χ1v) is 12.0. The van der Waals surface area contributed by atoms with Gasteiger partial charge in [-0.3, -0.25) is 18.7 Å². The first-order chi connectivity index (χ1) is 15.6. The highest BCUT2D eigenvalue weighted by molar-refractivity contribution is 7.89. The Kier molecular flexibility index (Phi) is 5.93. The van der Waals surface area contributed by atoms with E-state index >= 15 is 0 Å². The molecule has 1 fully saturated rings. The topological polar surface area (TPSA) is 123 Å². The molecule has 11 heteroatoms. The largest absolute Gasteiger partial charge is 0.332 e. The lowest BCUT2D eigenvalue weighted by Gasteiger charge is -2.30. The Morgan fingerprint density at radius 2 is 1.76 bits per heavy atom. The van der Waals surface area contributed by atoms with Gasteiger partial charge >= 0.3 is 5.69 Å². The molecule has 1 aliphatic rings. The molecular formula is C22H25N5O5S. The van der Waals surface area contributed by atoms with Crippen molar-refractivity contribution < 1.29 is 13.2 Å². The Hall–Kier alpha value is -3.31. The second kappa shape index (κ2) is 8.56. The fraction of sp³-hybridized carbons (Fsp3) is 0.364. The summed E-state index contributed by atoms with van der Waals surface area (Å²) in [6.45, 7) is 3.04. The predicted molar refractivity (Wildman–Crippen MR) is 124 cm³/mol. The Labute approximate surface area is 190 Å². The maximum absolute atomic E-state index is 12.9. The minimum atomic E-state index is -3.59. The number of fused-ring (bicyclic) bond motifs is 1. The average molecular weight is 472 g/mol. The smallest absolute Gasteiger partial charge is 0.321 e. The fourth-order valence-corrected chi connectivity index (χ4v) is 5.60. The highest BCUT2D eigenvalue weighted by Gasteiger charge is 2.28. The zero-order valence-corrected chi connectivity index (χ0v) is 19.4. The predicted octanol–water partition coefficient (Wildman–Crippen LogP) is 1.31. The molecule has 0 radical (unpaired) electrons. The first-order valence-electron chi connectivity index (χ1n) is 10.6. The van der Waals surface area contributed by atoms with Gasteiger partial charge in [-0.2, -0.15) is 4.31 Å². The van der Waals surface area contributed by atoms with Gasteiger partial charge in [0.2, 0.25) is 10.0 Å². The maximum atomic E-state index is 12.9. The third-order valence-corrected chi connectivity index (χ3v) is 7.78. The monoisotopic (exact) mass is 471 g/mol. The second-order valence-electron chi connectivity index (χ2n) is 8.36. The van der Waals surface area contributed by atoms with Gasteiger partial charge in [-0.25, -0.2) is 18.2 Å². The van der Waals surface area contributed by atoms with Crippen molar-refractivity contribution in [3.63, 3.8) is 0 Å². The molecule has 174 valence electrons. The summed E-state index contributed by atoms with van der Waals surface area (Å²) >= 11 is 0. The number of pyridine rings is 1. The number of piperidine rings is 1. The number of aryl methyl sites for hydroxylation is 1. The van der Waals surface area contributed by atoms with Gasteiger partial charge in [-0.05, 0) is 55.2 Å². The summed E-state index contributed by atoms with van der Waals surface area (Å²) < 4.78 is 29.5.